The van der Waals surface area contributed by atoms with Gasteiger partial charge in [0.15, 0.2) is 0 Å². The monoisotopic (exact) mass is 329 g/mol. The highest BCUT2D eigenvalue weighted by Crippen LogP contribution is 2.08. The summed E-state index contributed by atoms with van der Waals surface area (Å²) < 4.78 is 41.8. The first-order valence-corrected chi connectivity index (χ1v) is 8.56. The van der Waals surface area contributed by atoms with Crippen molar-refractivity contribution in [3.63, 3.8) is 0 Å². The maximum atomic E-state index is 12.0. The fraction of sp³-hybridized carbons (Fsp3) is 0.500. The summed E-state index contributed by atoms with van der Waals surface area (Å²) in [5.41, 5.74) is 0.338. The fourth-order valence-electron chi connectivity index (χ4n) is 2.22. The van der Waals surface area contributed by atoms with Crippen molar-refractivity contribution < 1.29 is 27.2 Å². The number of rotatable bonds is 6. The zero-order valence-corrected chi connectivity index (χ0v) is 12.9. The number of nitrogens with zero attached hydrogens (tertiary/aromatic N) is 1. The first kappa shape index (κ1) is 16.9. The number of carbonyl (C=O) groups excluding carboxylic acids is 1. The van der Waals surface area contributed by atoms with Gasteiger partial charge in [-0.1, -0.05) is 18.2 Å². The van der Waals surface area contributed by atoms with Crippen LogP contribution in [0.1, 0.15) is 10.4 Å². The number of carbonyl (C=O) groups is 1. The van der Waals surface area contributed by atoms with E-state index in [1.54, 1.807) is 30.3 Å². The van der Waals surface area contributed by atoms with Crippen LogP contribution in [-0.4, -0.2) is 68.5 Å². The average molecular weight is 329 g/mol. The second-order valence-electron chi connectivity index (χ2n) is 5.05. The first-order chi connectivity index (χ1) is 10.4. The summed E-state index contributed by atoms with van der Waals surface area (Å²) in [6.45, 7) is 2.59. The van der Waals surface area contributed by atoms with Gasteiger partial charge in [-0.3, -0.25) is 9.45 Å². The van der Waals surface area contributed by atoms with Crippen molar-refractivity contribution in [1.29, 1.82) is 0 Å². The normalized spacial score (nSPS) is 17.9. The van der Waals surface area contributed by atoms with Crippen LogP contribution in [0.4, 0.5) is 0 Å². The Kier molecular flexibility index (Phi) is 5.90. The number of ether oxygens (including phenoxy) is 2. The molecule has 8 heteroatoms. The van der Waals surface area contributed by atoms with Crippen LogP contribution in [0.3, 0.4) is 0 Å². The molecule has 1 atom stereocenters. The average Bonchev–Trinajstić information content (AvgIpc) is 2.47. The van der Waals surface area contributed by atoms with E-state index in [1.165, 1.54) is 0 Å². The standard InChI is InChI=1S/C14H19NO6S/c16-14(12-4-2-1-3-5-12)21-13(11-22(17,18)19)10-15-6-8-20-9-7-15/h1-5,13H,6-11H2,(H,17,18,19). The molecule has 1 fully saturated rings. The van der Waals surface area contributed by atoms with Crippen LogP contribution in [-0.2, 0) is 19.6 Å². The molecule has 22 heavy (non-hydrogen) atoms. The van der Waals surface area contributed by atoms with Gasteiger partial charge in [-0.25, -0.2) is 4.79 Å². The molecule has 1 aromatic carbocycles. The van der Waals surface area contributed by atoms with Crippen molar-refractivity contribution in [3.8, 4) is 0 Å². The van der Waals surface area contributed by atoms with Crippen LogP contribution in [0.5, 0.6) is 0 Å². The van der Waals surface area contributed by atoms with Gasteiger partial charge in [-0.15, -0.1) is 0 Å². The highest BCUT2D eigenvalue weighted by molar-refractivity contribution is 7.85. The van der Waals surface area contributed by atoms with Crippen molar-refractivity contribution in [1.82, 2.24) is 4.90 Å². The van der Waals surface area contributed by atoms with Gasteiger partial charge in [-0.2, -0.15) is 8.42 Å². The number of benzene rings is 1. The minimum Gasteiger partial charge on any atom is -0.456 e. The summed E-state index contributed by atoms with van der Waals surface area (Å²) in [4.78, 5) is 14.0. The Morgan fingerprint density at radius 1 is 1.27 bits per heavy atom. The molecule has 1 aliphatic heterocycles. The molecule has 1 aromatic rings. The second kappa shape index (κ2) is 7.68. The van der Waals surface area contributed by atoms with Gasteiger partial charge in [0, 0.05) is 19.6 Å². The molecule has 7 nitrogen and oxygen atoms in total. The highest BCUT2D eigenvalue weighted by atomic mass is 32.2. The SMILES string of the molecule is O=C(OC(CN1CCOCC1)CS(=O)(=O)O)c1ccccc1. The van der Waals surface area contributed by atoms with Gasteiger partial charge in [0.05, 0.1) is 18.8 Å². The summed E-state index contributed by atoms with van der Waals surface area (Å²) in [5.74, 6) is -1.23. The Hall–Kier alpha value is -1.48. The predicted octanol–water partition coefficient (Wildman–Crippen LogP) is 0.432. The minimum absolute atomic E-state index is 0.238. The molecule has 0 bridgehead atoms. The van der Waals surface area contributed by atoms with Crippen molar-refractivity contribution in [2.75, 3.05) is 38.6 Å². The second-order valence-corrected chi connectivity index (χ2v) is 6.55. The molecule has 122 valence electrons. The van der Waals surface area contributed by atoms with Crippen LogP contribution in [0, 0.1) is 0 Å². The zero-order chi connectivity index (χ0) is 16.0. The first-order valence-electron chi connectivity index (χ1n) is 6.95. The van der Waals surface area contributed by atoms with E-state index >= 15 is 0 Å². The van der Waals surface area contributed by atoms with Gasteiger partial charge in [0.1, 0.15) is 11.9 Å². The van der Waals surface area contributed by atoms with E-state index in [0.717, 1.165) is 0 Å². The topological polar surface area (TPSA) is 93.1 Å². The largest absolute Gasteiger partial charge is 0.456 e. The van der Waals surface area contributed by atoms with Crippen molar-refractivity contribution in [3.05, 3.63) is 35.9 Å². The minimum atomic E-state index is -4.24. The molecular formula is C14H19NO6S. The van der Waals surface area contributed by atoms with E-state index in [-0.39, 0.29) is 6.54 Å². The van der Waals surface area contributed by atoms with Crippen molar-refractivity contribution in [2.24, 2.45) is 0 Å². The van der Waals surface area contributed by atoms with Crippen molar-refractivity contribution >= 4 is 16.1 Å². The lowest BCUT2D eigenvalue weighted by atomic mass is 10.2. The van der Waals surface area contributed by atoms with Gasteiger partial charge >= 0.3 is 5.97 Å². The number of hydrogen-bond donors (Lipinski definition) is 1. The van der Waals surface area contributed by atoms with Crippen LogP contribution in [0.25, 0.3) is 0 Å². The maximum absolute atomic E-state index is 12.0. The van der Waals surface area contributed by atoms with E-state index < -0.39 is 27.9 Å². The molecule has 1 aliphatic rings. The predicted molar refractivity (Wildman–Crippen MR) is 79.3 cm³/mol. The third-order valence-electron chi connectivity index (χ3n) is 3.25. The number of hydrogen-bond acceptors (Lipinski definition) is 6. The van der Waals surface area contributed by atoms with Gasteiger partial charge in [-0.05, 0) is 12.1 Å². The van der Waals surface area contributed by atoms with Crippen LogP contribution < -0.4 is 0 Å². The molecule has 0 radical (unpaired) electrons. The summed E-state index contributed by atoms with van der Waals surface area (Å²) in [6.07, 6.45) is -0.930. The van der Waals surface area contributed by atoms with Crippen LogP contribution in [0.2, 0.25) is 0 Å². The number of esters is 1. The van der Waals surface area contributed by atoms with E-state index in [9.17, 15) is 13.2 Å². The molecule has 0 aliphatic carbocycles. The summed E-state index contributed by atoms with van der Waals surface area (Å²) in [6, 6.07) is 8.32. The Bertz CT molecular complexity index is 583. The van der Waals surface area contributed by atoms with Crippen LogP contribution in [0.15, 0.2) is 30.3 Å². The zero-order valence-electron chi connectivity index (χ0n) is 12.1. The number of morpholine rings is 1. The maximum Gasteiger partial charge on any atom is 0.338 e. The molecule has 0 spiro atoms. The Morgan fingerprint density at radius 3 is 2.50 bits per heavy atom. The van der Waals surface area contributed by atoms with E-state index in [2.05, 4.69) is 0 Å². The van der Waals surface area contributed by atoms with Gasteiger partial charge < -0.3 is 9.47 Å². The molecule has 1 heterocycles. The Morgan fingerprint density at radius 2 is 1.91 bits per heavy atom. The lowest BCUT2D eigenvalue weighted by Crippen LogP contribution is -2.44. The summed E-state index contributed by atoms with van der Waals surface area (Å²) in [7, 11) is -4.24. The summed E-state index contributed by atoms with van der Waals surface area (Å²) >= 11 is 0. The Balaban J connectivity index is 2.01. The summed E-state index contributed by atoms with van der Waals surface area (Å²) in [5, 5.41) is 0. The molecule has 1 unspecified atom stereocenters. The molecule has 0 amide bonds. The van der Waals surface area contributed by atoms with Crippen LogP contribution >= 0.6 is 0 Å². The molecule has 1 saturated heterocycles. The molecule has 0 saturated carbocycles. The van der Waals surface area contributed by atoms with Crippen molar-refractivity contribution in [2.45, 2.75) is 6.10 Å². The lowest BCUT2D eigenvalue weighted by Gasteiger charge is -2.29. The third-order valence-corrected chi connectivity index (χ3v) is 4.04. The molecule has 1 N–H and O–H groups in total. The quantitative estimate of drug-likeness (QED) is 0.597. The highest BCUT2D eigenvalue weighted by Gasteiger charge is 2.25. The molecular weight excluding hydrogens is 310 g/mol. The smallest absolute Gasteiger partial charge is 0.338 e. The van der Waals surface area contributed by atoms with E-state index in [4.69, 9.17) is 14.0 Å². The lowest BCUT2D eigenvalue weighted by molar-refractivity contribution is 0.000957. The van der Waals surface area contributed by atoms with E-state index in [1.807, 2.05) is 4.90 Å². The van der Waals surface area contributed by atoms with E-state index in [0.29, 0.717) is 31.9 Å². The molecule has 2 rings (SSSR count). The third kappa shape index (κ3) is 5.72. The molecule has 0 aromatic heterocycles. The fourth-order valence-corrected chi connectivity index (χ4v) is 2.87. The van der Waals surface area contributed by atoms with Gasteiger partial charge in [0.25, 0.3) is 10.1 Å². The van der Waals surface area contributed by atoms with Gasteiger partial charge in [0.2, 0.25) is 0 Å². The Labute approximate surface area is 129 Å².